The molecule has 6 nitrogen and oxygen atoms in total. The average molecular weight is 422 g/mol. The highest BCUT2D eigenvalue weighted by Gasteiger charge is 2.28. The molecule has 2 heterocycles. The van der Waals surface area contributed by atoms with E-state index in [2.05, 4.69) is 17.2 Å². The van der Waals surface area contributed by atoms with Crippen LogP contribution in [-0.4, -0.2) is 36.7 Å². The van der Waals surface area contributed by atoms with Gasteiger partial charge in [-0.1, -0.05) is 32.9 Å². The van der Waals surface area contributed by atoms with Gasteiger partial charge in [-0.2, -0.15) is 4.31 Å². The summed E-state index contributed by atoms with van der Waals surface area (Å²) in [6.45, 7) is 7.31. The Bertz CT molecular complexity index is 912. The minimum Gasteiger partial charge on any atom is -0.302 e. The molecule has 1 aliphatic rings. The molecule has 0 radical (unpaired) electrons. The van der Waals surface area contributed by atoms with Crippen LogP contribution in [0, 0.1) is 11.8 Å². The van der Waals surface area contributed by atoms with E-state index in [1.807, 2.05) is 19.2 Å². The van der Waals surface area contributed by atoms with Crippen molar-refractivity contribution in [1.82, 2.24) is 9.29 Å². The first-order valence-electron chi connectivity index (χ1n) is 9.61. The lowest BCUT2D eigenvalue weighted by Crippen LogP contribution is -2.37. The summed E-state index contributed by atoms with van der Waals surface area (Å²) in [6, 6.07) is 6.82. The van der Waals surface area contributed by atoms with Gasteiger partial charge < -0.3 is 5.32 Å². The maximum Gasteiger partial charge on any atom is 0.243 e. The molecular weight excluding hydrogens is 394 g/mol. The first-order chi connectivity index (χ1) is 13.3. The Morgan fingerprint density at radius 1 is 1.25 bits per heavy atom. The number of carbonyl (C=O) groups is 1. The number of rotatable bonds is 6. The zero-order chi connectivity index (χ0) is 20.3. The Kier molecular flexibility index (Phi) is 6.52. The first-order valence-corrected chi connectivity index (χ1v) is 11.9. The molecule has 2 aromatic rings. The summed E-state index contributed by atoms with van der Waals surface area (Å²) in [4.78, 5) is 16.6. The number of aromatic nitrogens is 1. The largest absolute Gasteiger partial charge is 0.302 e. The average Bonchev–Trinajstić information content (AvgIpc) is 3.10. The highest BCUT2D eigenvalue weighted by Crippen LogP contribution is 2.28. The third-order valence-electron chi connectivity index (χ3n) is 4.87. The Morgan fingerprint density at radius 3 is 2.50 bits per heavy atom. The summed E-state index contributed by atoms with van der Waals surface area (Å²) >= 11 is 1.36. The van der Waals surface area contributed by atoms with Crippen molar-refractivity contribution in [3.8, 4) is 11.3 Å². The summed E-state index contributed by atoms with van der Waals surface area (Å²) < 4.78 is 27.2. The van der Waals surface area contributed by atoms with Gasteiger partial charge in [-0.15, -0.1) is 11.3 Å². The van der Waals surface area contributed by atoms with Gasteiger partial charge in [-0.05, 0) is 36.8 Å². The molecule has 0 aliphatic carbocycles. The van der Waals surface area contributed by atoms with Crippen molar-refractivity contribution >= 4 is 32.4 Å². The molecule has 0 spiro atoms. The van der Waals surface area contributed by atoms with Gasteiger partial charge in [0.15, 0.2) is 5.13 Å². The summed E-state index contributed by atoms with van der Waals surface area (Å²) in [5.41, 5.74) is 1.55. The maximum absolute atomic E-state index is 12.8. The van der Waals surface area contributed by atoms with Crippen LogP contribution in [0.4, 0.5) is 5.13 Å². The van der Waals surface area contributed by atoms with Gasteiger partial charge in [0.05, 0.1) is 10.6 Å². The monoisotopic (exact) mass is 421 g/mol. The van der Waals surface area contributed by atoms with Crippen molar-refractivity contribution < 1.29 is 13.2 Å². The van der Waals surface area contributed by atoms with Gasteiger partial charge in [0.1, 0.15) is 0 Å². The first kappa shape index (κ1) is 21.0. The molecule has 1 fully saturated rings. The fourth-order valence-electron chi connectivity index (χ4n) is 3.18. The predicted octanol–water partition coefficient (Wildman–Crippen LogP) is 4.22. The number of nitrogens with zero attached hydrogens (tertiary/aromatic N) is 2. The van der Waals surface area contributed by atoms with Crippen LogP contribution in [0.3, 0.4) is 0 Å². The van der Waals surface area contributed by atoms with E-state index in [4.69, 9.17) is 0 Å². The minimum atomic E-state index is -3.45. The van der Waals surface area contributed by atoms with E-state index < -0.39 is 10.0 Å². The number of amides is 1. The third kappa shape index (κ3) is 4.98. The van der Waals surface area contributed by atoms with Crippen LogP contribution >= 0.6 is 11.3 Å². The van der Waals surface area contributed by atoms with Crippen LogP contribution < -0.4 is 5.32 Å². The number of benzene rings is 1. The van der Waals surface area contributed by atoms with Gasteiger partial charge >= 0.3 is 0 Å². The van der Waals surface area contributed by atoms with Crippen molar-refractivity contribution in [1.29, 1.82) is 0 Å². The van der Waals surface area contributed by atoms with Gasteiger partial charge in [0.2, 0.25) is 15.9 Å². The van der Waals surface area contributed by atoms with Crippen molar-refractivity contribution in [2.24, 2.45) is 11.8 Å². The van der Waals surface area contributed by atoms with E-state index >= 15 is 0 Å². The second-order valence-corrected chi connectivity index (χ2v) is 10.6. The van der Waals surface area contributed by atoms with Crippen LogP contribution in [0.5, 0.6) is 0 Å². The van der Waals surface area contributed by atoms with Crippen molar-refractivity contribution in [3.63, 3.8) is 0 Å². The molecular formula is C20H27N3O3S2. The second-order valence-electron chi connectivity index (χ2n) is 7.80. The zero-order valence-electron chi connectivity index (χ0n) is 16.5. The van der Waals surface area contributed by atoms with E-state index in [9.17, 15) is 13.2 Å². The normalized spacial score (nSPS) is 16.4. The Morgan fingerprint density at radius 2 is 1.89 bits per heavy atom. The van der Waals surface area contributed by atoms with E-state index in [1.54, 1.807) is 28.6 Å². The molecule has 0 atom stereocenters. The lowest BCUT2D eigenvalue weighted by atomic mass is 10.0. The molecule has 152 valence electrons. The Balaban J connectivity index is 1.70. The number of hydrogen-bond donors (Lipinski definition) is 1. The maximum atomic E-state index is 12.8. The molecule has 1 saturated heterocycles. The third-order valence-corrected chi connectivity index (χ3v) is 7.55. The smallest absolute Gasteiger partial charge is 0.243 e. The van der Waals surface area contributed by atoms with Crippen molar-refractivity contribution in [2.45, 2.75) is 44.9 Å². The van der Waals surface area contributed by atoms with Gasteiger partial charge in [-0.3, -0.25) is 4.79 Å². The van der Waals surface area contributed by atoms with Gasteiger partial charge in [-0.25, -0.2) is 13.4 Å². The molecule has 0 bridgehead atoms. The highest BCUT2D eigenvalue weighted by atomic mass is 32.2. The number of hydrogen-bond acceptors (Lipinski definition) is 5. The fraction of sp³-hybridized carbons (Fsp3) is 0.500. The summed E-state index contributed by atoms with van der Waals surface area (Å²) in [6.07, 6.45) is 2.26. The van der Waals surface area contributed by atoms with E-state index in [0.717, 1.165) is 24.1 Å². The molecule has 1 amide bonds. The van der Waals surface area contributed by atoms with Crippen molar-refractivity contribution in [2.75, 3.05) is 18.4 Å². The quantitative estimate of drug-likeness (QED) is 0.757. The number of thiazole rings is 1. The molecule has 8 heteroatoms. The van der Waals surface area contributed by atoms with Crippen LogP contribution in [0.1, 0.15) is 40.0 Å². The van der Waals surface area contributed by atoms with Crippen LogP contribution in [0.15, 0.2) is 34.5 Å². The van der Waals surface area contributed by atoms with Crippen LogP contribution in [0.2, 0.25) is 0 Å². The van der Waals surface area contributed by atoms with E-state index in [-0.39, 0.29) is 11.8 Å². The van der Waals surface area contributed by atoms with Crippen molar-refractivity contribution in [3.05, 3.63) is 29.6 Å². The lowest BCUT2D eigenvalue weighted by molar-refractivity contribution is -0.116. The molecule has 0 unspecified atom stereocenters. The number of sulfonamides is 1. The lowest BCUT2D eigenvalue weighted by Gasteiger charge is -2.29. The predicted molar refractivity (Wildman–Crippen MR) is 113 cm³/mol. The second kappa shape index (κ2) is 8.71. The number of piperidine rings is 1. The number of anilines is 1. The Labute approximate surface area is 171 Å². The highest BCUT2D eigenvalue weighted by molar-refractivity contribution is 7.89. The summed E-state index contributed by atoms with van der Waals surface area (Å²) in [7, 11) is -3.45. The molecule has 1 aromatic carbocycles. The minimum absolute atomic E-state index is 0.0480. The number of carbonyl (C=O) groups excluding carboxylic acids is 1. The molecule has 3 rings (SSSR count). The summed E-state index contributed by atoms with van der Waals surface area (Å²) in [5, 5.41) is 5.23. The van der Waals surface area contributed by atoms with Gasteiger partial charge in [0, 0.05) is 30.5 Å². The van der Waals surface area contributed by atoms with E-state index in [0.29, 0.717) is 35.5 Å². The SMILES string of the molecule is CC(C)CC(=O)Nc1nc(-c2ccc(S(=O)(=O)N3CCC(C)CC3)cc2)cs1. The molecule has 0 saturated carbocycles. The molecule has 28 heavy (non-hydrogen) atoms. The fourth-order valence-corrected chi connectivity index (χ4v) is 5.38. The molecule has 1 N–H and O–H groups in total. The zero-order valence-corrected chi connectivity index (χ0v) is 18.1. The van der Waals surface area contributed by atoms with Crippen LogP contribution in [-0.2, 0) is 14.8 Å². The van der Waals surface area contributed by atoms with Crippen LogP contribution in [0.25, 0.3) is 11.3 Å². The number of nitrogens with one attached hydrogen (secondary N) is 1. The van der Waals surface area contributed by atoms with E-state index in [1.165, 1.54) is 11.3 Å². The standard InChI is InChI=1S/C20H27N3O3S2/c1-14(2)12-19(24)22-20-21-18(13-27-20)16-4-6-17(7-5-16)28(25,26)23-10-8-15(3)9-11-23/h4-7,13-15H,8-12H2,1-3H3,(H,21,22,24). The summed E-state index contributed by atoms with van der Waals surface area (Å²) in [5.74, 6) is 0.818. The van der Waals surface area contributed by atoms with Gasteiger partial charge in [0.25, 0.3) is 0 Å². The Hall–Kier alpha value is -1.77. The topological polar surface area (TPSA) is 79.4 Å². The molecule has 1 aromatic heterocycles. The molecule has 1 aliphatic heterocycles.